The lowest BCUT2D eigenvalue weighted by atomic mass is 9.92. The molecule has 2 heterocycles. The number of halogens is 3. The van der Waals surface area contributed by atoms with Gasteiger partial charge in [0.05, 0.1) is 22.6 Å². The molecule has 3 N–H and O–H groups in total. The number of thiophene rings is 1. The van der Waals surface area contributed by atoms with Crippen molar-refractivity contribution in [1.82, 2.24) is 10.3 Å². The van der Waals surface area contributed by atoms with Gasteiger partial charge < -0.3 is 20.1 Å². The number of benzene rings is 2. The second kappa shape index (κ2) is 9.86. The van der Waals surface area contributed by atoms with E-state index in [0.29, 0.717) is 5.56 Å². The highest BCUT2D eigenvalue weighted by Crippen LogP contribution is 2.29. The average molecular weight is 499 g/mol. The Kier molecular flexibility index (Phi) is 6.87. The van der Waals surface area contributed by atoms with Crippen LogP contribution in [0.15, 0.2) is 66.2 Å². The van der Waals surface area contributed by atoms with Crippen LogP contribution >= 0.6 is 11.3 Å². The number of aliphatic hydroxyl groups is 1. The zero-order valence-corrected chi connectivity index (χ0v) is 19.4. The number of rotatable bonds is 6. The molecule has 4 rings (SSSR count). The maximum atomic E-state index is 13.2. The van der Waals surface area contributed by atoms with Gasteiger partial charge in [-0.3, -0.25) is 4.79 Å². The summed E-state index contributed by atoms with van der Waals surface area (Å²) in [6.07, 6.45) is -2.96. The molecule has 0 aliphatic heterocycles. The molecule has 0 fully saturated rings. The first-order chi connectivity index (χ1) is 16.7. The molecule has 0 aliphatic rings. The summed E-state index contributed by atoms with van der Waals surface area (Å²) in [4.78, 5) is 17.1. The van der Waals surface area contributed by atoms with Crippen LogP contribution in [0.2, 0.25) is 0 Å². The number of nitrogens with one attached hydrogen (secondary N) is 2. The standard InChI is InChI=1S/C26H21F3N2O3S/c1-25(16-32,14-18-15-30-22-7-3-2-6-20(18)22)31-24(33)21-13-17(8-10-19-5-4-12-35-19)9-11-23(21)34-26(27,28)29/h2-7,9,11-13,15,30,32H,14,16H2,1H3,(H,31,33). The molecule has 180 valence electrons. The maximum absolute atomic E-state index is 13.2. The van der Waals surface area contributed by atoms with Crippen molar-refractivity contribution in [2.45, 2.75) is 25.2 Å². The maximum Gasteiger partial charge on any atom is 0.573 e. The lowest BCUT2D eigenvalue weighted by Gasteiger charge is -2.29. The monoisotopic (exact) mass is 498 g/mol. The molecule has 0 saturated heterocycles. The highest BCUT2D eigenvalue weighted by atomic mass is 32.1. The molecule has 35 heavy (non-hydrogen) atoms. The zero-order chi connectivity index (χ0) is 25.1. The smallest absolute Gasteiger partial charge is 0.405 e. The number of carbonyl (C=O) groups excluding carboxylic acids is 1. The lowest BCUT2D eigenvalue weighted by molar-refractivity contribution is -0.274. The first-order valence-corrected chi connectivity index (χ1v) is 11.5. The summed E-state index contributed by atoms with van der Waals surface area (Å²) in [7, 11) is 0. The predicted molar refractivity (Wildman–Crippen MR) is 128 cm³/mol. The number of fused-ring (bicyclic) bond motifs is 1. The van der Waals surface area contributed by atoms with Crippen molar-refractivity contribution in [3.63, 3.8) is 0 Å². The highest BCUT2D eigenvalue weighted by Gasteiger charge is 2.34. The van der Waals surface area contributed by atoms with Crippen molar-refractivity contribution in [1.29, 1.82) is 0 Å². The topological polar surface area (TPSA) is 74.4 Å². The zero-order valence-electron chi connectivity index (χ0n) is 18.6. The van der Waals surface area contributed by atoms with Crippen molar-refractivity contribution in [3.8, 4) is 17.6 Å². The van der Waals surface area contributed by atoms with E-state index in [1.807, 2.05) is 41.8 Å². The van der Waals surface area contributed by atoms with Gasteiger partial charge in [-0.05, 0) is 54.6 Å². The number of aromatic nitrogens is 1. The van der Waals surface area contributed by atoms with E-state index < -0.39 is 30.2 Å². The van der Waals surface area contributed by atoms with Crippen LogP contribution in [0.3, 0.4) is 0 Å². The molecule has 5 nitrogen and oxygen atoms in total. The second-order valence-corrected chi connectivity index (χ2v) is 9.14. The Labute approximate surface area is 203 Å². The van der Waals surface area contributed by atoms with E-state index in [1.165, 1.54) is 23.5 Å². The van der Waals surface area contributed by atoms with Crippen LogP contribution < -0.4 is 10.1 Å². The number of para-hydroxylation sites is 1. The van der Waals surface area contributed by atoms with E-state index in [9.17, 15) is 23.1 Å². The molecule has 0 spiro atoms. The van der Waals surface area contributed by atoms with E-state index >= 15 is 0 Å². The minimum absolute atomic E-state index is 0.243. The largest absolute Gasteiger partial charge is 0.573 e. The summed E-state index contributed by atoms with van der Waals surface area (Å²) < 4.78 is 43.1. The number of hydrogen-bond acceptors (Lipinski definition) is 4. The fourth-order valence-corrected chi connectivity index (χ4v) is 4.23. The van der Waals surface area contributed by atoms with Gasteiger partial charge in [-0.2, -0.15) is 0 Å². The third-order valence-electron chi connectivity index (χ3n) is 5.32. The molecule has 2 aromatic carbocycles. The average Bonchev–Trinajstić information content (AvgIpc) is 3.48. The van der Waals surface area contributed by atoms with Gasteiger partial charge in [0.2, 0.25) is 0 Å². The first kappa shape index (κ1) is 24.4. The molecule has 2 aromatic heterocycles. The van der Waals surface area contributed by atoms with E-state index in [0.717, 1.165) is 27.4 Å². The van der Waals surface area contributed by atoms with Crippen molar-refractivity contribution in [3.05, 3.63) is 87.7 Å². The summed E-state index contributed by atoms with van der Waals surface area (Å²) in [5.74, 6) is 4.30. The number of alkyl halides is 3. The van der Waals surface area contributed by atoms with E-state index in [4.69, 9.17) is 0 Å². The summed E-state index contributed by atoms with van der Waals surface area (Å²) >= 11 is 1.42. The van der Waals surface area contributed by atoms with Gasteiger partial charge in [-0.15, -0.1) is 24.5 Å². The summed E-state index contributed by atoms with van der Waals surface area (Å²) in [5, 5.41) is 15.6. The Morgan fingerprint density at radius 3 is 2.66 bits per heavy atom. The summed E-state index contributed by atoms with van der Waals surface area (Å²) in [5.41, 5.74) is 0.599. The molecule has 1 amide bonds. The molecule has 0 bridgehead atoms. The van der Waals surface area contributed by atoms with Gasteiger partial charge in [-0.25, -0.2) is 0 Å². The van der Waals surface area contributed by atoms with Crippen LogP contribution in [0.25, 0.3) is 10.9 Å². The van der Waals surface area contributed by atoms with Crippen LogP contribution in [-0.2, 0) is 6.42 Å². The predicted octanol–water partition coefficient (Wildman–Crippen LogP) is 5.25. The van der Waals surface area contributed by atoms with Crippen LogP contribution in [0, 0.1) is 11.8 Å². The molecule has 4 aromatic rings. The third kappa shape index (κ3) is 6.04. The second-order valence-electron chi connectivity index (χ2n) is 8.20. The van der Waals surface area contributed by atoms with E-state index in [1.54, 1.807) is 13.1 Å². The van der Waals surface area contributed by atoms with Crippen molar-refractivity contribution >= 4 is 28.1 Å². The molecular formula is C26H21F3N2O3S. The molecule has 0 saturated carbocycles. The Bertz CT molecular complexity index is 1400. The molecular weight excluding hydrogens is 477 g/mol. The number of aliphatic hydroxyl groups excluding tert-OH is 1. The third-order valence-corrected chi connectivity index (χ3v) is 6.11. The van der Waals surface area contributed by atoms with E-state index in [2.05, 4.69) is 26.9 Å². The number of ether oxygens (including phenoxy) is 1. The van der Waals surface area contributed by atoms with Gasteiger partial charge in [0.1, 0.15) is 5.75 Å². The number of hydrogen-bond donors (Lipinski definition) is 3. The van der Waals surface area contributed by atoms with Gasteiger partial charge in [0.15, 0.2) is 0 Å². The van der Waals surface area contributed by atoms with Crippen molar-refractivity contribution < 1.29 is 27.8 Å². The summed E-state index contributed by atoms with van der Waals surface area (Å²) in [6, 6.07) is 14.9. The van der Waals surface area contributed by atoms with Crippen LogP contribution in [0.4, 0.5) is 13.2 Å². The Hall–Kier alpha value is -3.74. The normalized spacial score (nSPS) is 13.1. The molecule has 1 unspecified atom stereocenters. The van der Waals surface area contributed by atoms with Gasteiger partial charge in [-0.1, -0.05) is 36.1 Å². The number of H-pyrrole nitrogens is 1. The van der Waals surface area contributed by atoms with Crippen LogP contribution in [-0.4, -0.2) is 34.5 Å². The Balaban J connectivity index is 1.63. The van der Waals surface area contributed by atoms with Crippen LogP contribution in [0.1, 0.15) is 33.3 Å². The van der Waals surface area contributed by atoms with Gasteiger partial charge in [0.25, 0.3) is 5.91 Å². The van der Waals surface area contributed by atoms with Crippen molar-refractivity contribution in [2.24, 2.45) is 0 Å². The molecule has 0 radical (unpaired) electrons. The van der Waals surface area contributed by atoms with Crippen LogP contribution in [0.5, 0.6) is 5.75 Å². The fourth-order valence-electron chi connectivity index (χ4n) is 3.66. The molecule has 9 heteroatoms. The minimum atomic E-state index is -4.98. The highest BCUT2D eigenvalue weighted by molar-refractivity contribution is 7.10. The van der Waals surface area contributed by atoms with Crippen molar-refractivity contribution in [2.75, 3.05) is 6.61 Å². The SMILES string of the molecule is CC(CO)(Cc1c[nH]c2ccccc12)NC(=O)c1cc(C#Cc2cccs2)ccc1OC(F)(F)F. The Morgan fingerprint density at radius 1 is 1.14 bits per heavy atom. The minimum Gasteiger partial charge on any atom is -0.405 e. The number of carbonyl (C=O) groups is 1. The molecule has 0 aliphatic carbocycles. The lowest BCUT2D eigenvalue weighted by Crippen LogP contribution is -2.50. The fraction of sp³-hybridized carbons (Fsp3) is 0.192. The number of amides is 1. The molecule has 1 atom stereocenters. The van der Waals surface area contributed by atoms with Gasteiger partial charge >= 0.3 is 6.36 Å². The van der Waals surface area contributed by atoms with E-state index in [-0.39, 0.29) is 12.0 Å². The quantitative estimate of drug-likeness (QED) is 0.318. The van der Waals surface area contributed by atoms with Gasteiger partial charge in [0, 0.05) is 22.7 Å². The first-order valence-electron chi connectivity index (χ1n) is 10.6. The Morgan fingerprint density at radius 2 is 1.94 bits per heavy atom. The number of aromatic amines is 1. The summed E-state index contributed by atoms with van der Waals surface area (Å²) in [6.45, 7) is 1.18.